The number of aliphatic hydroxyl groups is 1. The minimum absolute atomic E-state index is 0.0624. The zero-order chi connectivity index (χ0) is 10.2. The number of aliphatic hydroxyl groups excluding tert-OH is 1. The van der Waals surface area contributed by atoms with Gasteiger partial charge in [0.2, 0.25) is 0 Å². The summed E-state index contributed by atoms with van der Waals surface area (Å²) in [6.45, 7) is 3.59. The van der Waals surface area contributed by atoms with E-state index >= 15 is 0 Å². The van der Waals surface area contributed by atoms with Crippen LogP contribution < -0.4 is 0 Å². The average molecular weight is 198 g/mol. The Morgan fingerprint density at radius 2 is 2.36 bits per heavy atom. The second-order valence-electron chi connectivity index (χ2n) is 3.78. The van der Waals surface area contributed by atoms with Gasteiger partial charge in [-0.05, 0) is 13.8 Å². The summed E-state index contributed by atoms with van der Waals surface area (Å²) >= 11 is 0. The van der Waals surface area contributed by atoms with Gasteiger partial charge in [0, 0.05) is 0 Å². The zero-order valence-electron chi connectivity index (χ0n) is 8.23. The number of nitrogens with zero attached hydrogens (tertiary/aromatic N) is 1. The minimum atomic E-state index is -0.650. The van der Waals surface area contributed by atoms with Crippen LogP contribution in [0.5, 0.6) is 0 Å². The van der Waals surface area contributed by atoms with Gasteiger partial charge in [0.1, 0.15) is 12.2 Å². The van der Waals surface area contributed by atoms with Crippen LogP contribution in [0.3, 0.4) is 0 Å². The van der Waals surface area contributed by atoms with Gasteiger partial charge in [-0.25, -0.2) is 4.98 Å². The molecular weight excluding hydrogens is 184 g/mol. The highest BCUT2D eigenvalue weighted by Crippen LogP contribution is 2.36. The van der Waals surface area contributed by atoms with E-state index < -0.39 is 5.79 Å². The van der Waals surface area contributed by atoms with Gasteiger partial charge in [0.15, 0.2) is 5.79 Å². The molecule has 1 aromatic heterocycles. The quantitative estimate of drug-likeness (QED) is 0.730. The second kappa shape index (κ2) is 3.34. The molecule has 0 aliphatic carbocycles. The number of imidazole rings is 1. The van der Waals surface area contributed by atoms with E-state index in [-0.39, 0.29) is 18.8 Å². The molecule has 14 heavy (non-hydrogen) atoms. The summed E-state index contributed by atoms with van der Waals surface area (Å²) in [5.74, 6) is -0.650. The van der Waals surface area contributed by atoms with Gasteiger partial charge < -0.3 is 19.6 Å². The molecular formula is C9H14N2O3. The van der Waals surface area contributed by atoms with E-state index in [9.17, 15) is 0 Å². The van der Waals surface area contributed by atoms with E-state index in [1.165, 1.54) is 0 Å². The molecule has 2 atom stereocenters. The molecule has 1 aromatic rings. The van der Waals surface area contributed by atoms with Crippen LogP contribution >= 0.6 is 0 Å². The normalized spacial score (nSPS) is 30.8. The number of rotatable bonds is 2. The maximum Gasteiger partial charge on any atom is 0.164 e. The number of aromatic nitrogens is 2. The molecule has 5 nitrogen and oxygen atoms in total. The van der Waals surface area contributed by atoms with E-state index in [2.05, 4.69) is 9.97 Å². The first kappa shape index (κ1) is 9.64. The Bertz CT molecular complexity index is 297. The molecule has 0 saturated carbocycles. The van der Waals surface area contributed by atoms with Crippen LogP contribution in [0.2, 0.25) is 0 Å². The fraction of sp³-hybridized carbons (Fsp3) is 0.667. The molecule has 1 aliphatic rings. The Morgan fingerprint density at radius 1 is 1.57 bits per heavy atom. The van der Waals surface area contributed by atoms with Crippen molar-refractivity contribution in [1.82, 2.24) is 9.97 Å². The Balaban J connectivity index is 2.19. The van der Waals surface area contributed by atoms with Crippen molar-refractivity contribution in [3.63, 3.8) is 0 Å². The molecule has 0 amide bonds. The third-order valence-corrected chi connectivity index (χ3v) is 2.19. The molecule has 1 aliphatic heterocycles. The Kier molecular flexibility index (Phi) is 2.30. The first-order valence-electron chi connectivity index (χ1n) is 4.57. The Hall–Kier alpha value is -0.910. The van der Waals surface area contributed by atoms with Crippen molar-refractivity contribution in [2.75, 3.05) is 6.61 Å². The number of nitrogens with one attached hydrogen (secondary N) is 1. The molecule has 0 spiro atoms. The summed E-state index contributed by atoms with van der Waals surface area (Å²) in [6.07, 6.45) is 2.67. The number of hydrogen-bond acceptors (Lipinski definition) is 4. The standard InChI is InChI=1S/C9H14N2O3/c1-9(2)13-7(4-12)8(14-9)6-3-10-5-11-6/h3,5,7-8,12H,4H2,1-2H3,(H,10,11). The van der Waals surface area contributed by atoms with Crippen molar-refractivity contribution < 1.29 is 14.6 Å². The molecule has 0 radical (unpaired) electrons. The van der Waals surface area contributed by atoms with Gasteiger partial charge in [-0.15, -0.1) is 0 Å². The largest absolute Gasteiger partial charge is 0.394 e. The van der Waals surface area contributed by atoms with Crippen LogP contribution in [0, 0.1) is 0 Å². The van der Waals surface area contributed by atoms with Crippen molar-refractivity contribution in [1.29, 1.82) is 0 Å². The molecule has 5 heteroatoms. The summed E-state index contributed by atoms with van der Waals surface area (Å²) in [4.78, 5) is 6.86. The lowest BCUT2D eigenvalue weighted by Crippen LogP contribution is -2.23. The van der Waals surface area contributed by atoms with E-state index in [0.717, 1.165) is 5.69 Å². The first-order valence-corrected chi connectivity index (χ1v) is 4.57. The van der Waals surface area contributed by atoms with Crippen molar-refractivity contribution >= 4 is 0 Å². The molecule has 78 valence electrons. The predicted molar refractivity (Wildman–Crippen MR) is 48.5 cm³/mol. The number of ether oxygens (including phenoxy) is 2. The lowest BCUT2D eigenvalue weighted by atomic mass is 10.2. The van der Waals surface area contributed by atoms with Crippen LogP contribution in [0.15, 0.2) is 12.5 Å². The highest BCUT2D eigenvalue weighted by Gasteiger charge is 2.42. The van der Waals surface area contributed by atoms with E-state index in [4.69, 9.17) is 14.6 Å². The highest BCUT2D eigenvalue weighted by molar-refractivity contribution is 5.04. The van der Waals surface area contributed by atoms with Crippen LogP contribution in [0.4, 0.5) is 0 Å². The van der Waals surface area contributed by atoms with Crippen molar-refractivity contribution in [3.8, 4) is 0 Å². The summed E-state index contributed by atoms with van der Waals surface area (Å²) in [5, 5.41) is 9.13. The third-order valence-electron chi connectivity index (χ3n) is 2.19. The summed E-state index contributed by atoms with van der Waals surface area (Å²) in [6, 6.07) is 0. The number of hydrogen-bond donors (Lipinski definition) is 2. The smallest absolute Gasteiger partial charge is 0.164 e. The molecule has 0 aromatic carbocycles. The monoisotopic (exact) mass is 198 g/mol. The highest BCUT2D eigenvalue weighted by atomic mass is 16.8. The van der Waals surface area contributed by atoms with Gasteiger partial charge in [0.25, 0.3) is 0 Å². The molecule has 2 heterocycles. The molecule has 0 bridgehead atoms. The number of H-pyrrole nitrogens is 1. The van der Waals surface area contributed by atoms with Gasteiger partial charge in [-0.1, -0.05) is 0 Å². The van der Waals surface area contributed by atoms with E-state index in [0.29, 0.717) is 0 Å². The van der Waals surface area contributed by atoms with Crippen molar-refractivity contribution in [2.45, 2.75) is 31.8 Å². The maximum atomic E-state index is 9.13. The minimum Gasteiger partial charge on any atom is -0.394 e. The topological polar surface area (TPSA) is 67.4 Å². The number of aromatic amines is 1. The van der Waals surface area contributed by atoms with Crippen molar-refractivity contribution in [2.24, 2.45) is 0 Å². The van der Waals surface area contributed by atoms with Gasteiger partial charge in [-0.3, -0.25) is 0 Å². The summed E-state index contributed by atoms with van der Waals surface area (Å²) in [5.41, 5.74) is 0.828. The van der Waals surface area contributed by atoms with Crippen LogP contribution in [0.1, 0.15) is 25.6 Å². The fourth-order valence-corrected chi connectivity index (χ4v) is 1.65. The van der Waals surface area contributed by atoms with Crippen LogP contribution in [-0.4, -0.2) is 33.6 Å². The van der Waals surface area contributed by atoms with Crippen LogP contribution in [-0.2, 0) is 9.47 Å². The Labute approximate surface area is 82.1 Å². The second-order valence-corrected chi connectivity index (χ2v) is 3.78. The maximum absolute atomic E-state index is 9.13. The molecule has 1 fully saturated rings. The SMILES string of the molecule is CC1(C)OC(CO)C(c2cnc[nH]2)O1. The molecule has 2 rings (SSSR count). The van der Waals surface area contributed by atoms with Gasteiger partial charge in [0.05, 0.1) is 24.8 Å². The zero-order valence-corrected chi connectivity index (χ0v) is 8.23. The third kappa shape index (κ3) is 1.66. The Morgan fingerprint density at radius 3 is 2.93 bits per heavy atom. The van der Waals surface area contributed by atoms with Crippen LogP contribution in [0.25, 0.3) is 0 Å². The lowest BCUT2D eigenvalue weighted by Gasteiger charge is -2.16. The predicted octanol–water partition coefficient (Wildman–Crippen LogP) is 0.595. The van der Waals surface area contributed by atoms with E-state index in [1.807, 2.05) is 13.8 Å². The van der Waals surface area contributed by atoms with Gasteiger partial charge >= 0.3 is 0 Å². The fourth-order valence-electron chi connectivity index (χ4n) is 1.65. The first-order chi connectivity index (χ1) is 6.62. The van der Waals surface area contributed by atoms with E-state index in [1.54, 1.807) is 12.5 Å². The molecule has 1 saturated heterocycles. The van der Waals surface area contributed by atoms with Crippen molar-refractivity contribution in [3.05, 3.63) is 18.2 Å². The molecule has 2 N–H and O–H groups in total. The lowest BCUT2D eigenvalue weighted by molar-refractivity contribution is -0.149. The van der Waals surface area contributed by atoms with Gasteiger partial charge in [-0.2, -0.15) is 0 Å². The summed E-state index contributed by atoms with van der Waals surface area (Å²) in [7, 11) is 0. The average Bonchev–Trinajstić information content (AvgIpc) is 2.70. The summed E-state index contributed by atoms with van der Waals surface area (Å²) < 4.78 is 11.2. The molecule has 2 unspecified atom stereocenters.